The molecule has 2 aromatic rings. The van der Waals surface area contributed by atoms with Gasteiger partial charge in [0.2, 0.25) is 5.91 Å². The maximum Gasteiger partial charge on any atom is 0.239 e. The minimum Gasteiger partial charge on any atom is -0.352 e. The zero-order chi connectivity index (χ0) is 17.4. The van der Waals surface area contributed by atoms with E-state index in [2.05, 4.69) is 21.2 Å². The van der Waals surface area contributed by atoms with Gasteiger partial charge in [-0.25, -0.2) is 9.37 Å². The largest absolute Gasteiger partial charge is 0.352 e. The lowest BCUT2D eigenvalue weighted by molar-refractivity contribution is -0.120. The number of carbonyl (C=O) groups is 1. The first-order valence-corrected chi connectivity index (χ1v) is 9.46. The van der Waals surface area contributed by atoms with E-state index in [0.29, 0.717) is 22.6 Å². The highest BCUT2D eigenvalue weighted by molar-refractivity contribution is 7.22. The Morgan fingerprint density at radius 2 is 2.36 bits per heavy atom. The molecule has 2 heterocycles. The summed E-state index contributed by atoms with van der Waals surface area (Å²) in [6.07, 6.45) is 3.11. The summed E-state index contributed by atoms with van der Waals surface area (Å²) in [6, 6.07) is 5.58. The number of carbonyl (C=O) groups excluding carboxylic acids is 1. The van der Waals surface area contributed by atoms with Gasteiger partial charge in [0, 0.05) is 25.7 Å². The van der Waals surface area contributed by atoms with E-state index in [1.54, 1.807) is 11.0 Å². The molecule has 4 rings (SSSR count). The van der Waals surface area contributed by atoms with E-state index >= 15 is 0 Å². The van der Waals surface area contributed by atoms with Gasteiger partial charge in [-0.3, -0.25) is 15.6 Å². The number of likely N-dealkylation sites (N-methyl/N-ethyl adjacent to an activating group) is 1. The van der Waals surface area contributed by atoms with E-state index < -0.39 is 0 Å². The van der Waals surface area contributed by atoms with Crippen molar-refractivity contribution in [3.63, 3.8) is 0 Å². The quantitative estimate of drug-likeness (QED) is 0.770. The Labute approximate surface area is 149 Å². The Balaban J connectivity index is 1.36. The number of hydrogen-bond donors (Lipinski definition) is 3. The number of hydrogen-bond acceptors (Lipinski definition) is 6. The standard InChI is InChI=1S/C17H22FN5OS/c1-23(17-21-16-12(18)3-2-4-14(16)25-17)9-15(24)20-11-6-5-10-8-19-22-13(10)7-11/h2-4,10-11,13,19,22H,5-9H2,1H3,(H,20,24). The molecule has 3 N–H and O–H groups in total. The lowest BCUT2D eigenvalue weighted by Gasteiger charge is -2.31. The lowest BCUT2D eigenvalue weighted by Crippen LogP contribution is -2.47. The monoisotopic (exact) mass is 363 g/mol. The van der Waals surface area contributed by atoms with E-state index in [-0.39, 0.29) is 24.3 Å². The van der Waals surface area contributed by atoms with Crippen molar-refractivity contribution in [2.24, 2.45) is 5.92 Å². The molecule has 2 aliphatic rings. The first-order valence-electron chi connectivity index (χ1n) is 8.64. The van der Waals surface area contributed by atoms with Gasteiger partial charge in [-0.15, -0.1) is 0 Å². The van der Waals surface area contributed by atoms with Crippen molar-refractivity contribution in [2.75, 3.05) is 25.0 Å². The second kappa shape index (κ2) is 6.86. The van der Waals surface area contributed by atoms with Crippen molar-refractivity contribution >= 4 is 32.6 Å². The van der Waals surface area contributed by atoms with Gasteiger partial charge in [0.1, 0.15) is 11.3 Å². The molecule has 1 aromatic heterocycles. The molecule has 134 valence electrons. The molecule has 0 radical (unpaired) electrons. The summed E-state index contributed by atoms with van der Waals surface area (Å²) in [5, 5.41) is 3.79. The van der Waals surface area contributed by atoms with Gasteiger partial charge in [0.25, 0.3) is 0 Å². The molecule has 25 heavy (non-hydrogen) atoms. The fourth-order valence-corrected chi connectivity index (χ4v) is 4.67. The highest BCUT2D eigenvalue weighted by atomic mass is 32.1. The molecular weight excluding hydrogens is 341 g/mol. The van der Waals surface area contributed by atoms with Crippen LogP contribution < -0.4 is 21.1 Å². The van der Waals surface area contributed by atoms with Gasteiger partial charge in [0.15, 0.2) is 5.13 Å². The van der Waals surface area contributed by atoms with Crippen LogP contribution in [0.15, 0.2) is 18.2 Å². The molecule has 1 saturated heterocycles. The number of halogens is 1. The van der Waals surface area contributed by atoms with Crippen LogP contribution in [0.2, 0.25) is 0 Å². The van der Waals surface area contributed by atoms with Gasteiger partial charge in [-0.05, 0) is 37.3 Å². The molecular formula is C17H22FN5OS. The second-order valence-corrected chi connectivity index (χ2v) is 7.92. The average molecular weight is 363 g/mol. The Hall–Kier alpha value is -1.77. The van der Waals surface area contributed by atoms with E-state index in [1.807, 2.05) is 13.1 Å². The molecule has 1 aliphatic carbocycles. The number of thiazole rings is 1. The van der Waals surface area contributed by atoms with Crippen molar-refractivity contribution < 1.29 is 9.18 Å². The SMILES string of the molecule is CN(CC(=O)NC1CCC2CNNC2C1)c1nc2c(F)cccc2s1. The van der Waals surface area contributed by atoms with Crippen LogP contribution in [0.1, 0.15) is 19.3 Å². The van der Waals surface area contributed by atoms with Crippen LogP contribution in [0.5, 0.6) is 0 Å². The third-order valence-electron chi connectivity index (χ3n) is 5.08. The number of anilines is 1. The minimum atomic E-state index is -0.327. The molecule has 3 unspecified atom stereocenters. The molecule has 1 saturated carbocycles. The second-order valence-electron chi connectivity index (χ2n) is 6.91. The number of para-hydroxylation sites is 1. The van der Waals surface area contributed by atoms with Crippen LogP contribution in [0.3, 0.4) is 0 Å². The first kappa shape index (κ1) is 16.7. The molecule has 8 heteroatoms. The molecule has 1 amide bonds. The molecule has 6 nitrogen and oxygen atoms in total. The maximum absolute atomic E-state index is 13.8. The molecule has 1 aromatic carbocycles. The Bertz CT molecular complexity index is 781. The first-order chi connectivity index (χ1) is 12.1. The van der Waals surface area contributed by atoms with Crippen molar-refractivity contribution in [3.05, 3.63) is 24.0 Å². The van der Waals surface area contributed by atoms with Crippen LogP contribution in [-0.2, 0) is 4.79 Å². The van der Waals surface area contributed by atoms with Gasteiger partial charge in [0.05, 0.1) is 11.2 Å². The minimum absolute atomic E-state index is 0.0170. The topological polar surface area (TPSA) is 69.3 Å². The molecule has 0 bridgehead atoms. The summed E-state index contributed by atoms with van der Waals surface area (Å²) >= 11 is 1.40. The predicted molar refractivity (Wildman–Crippen MR) is 97.0 cm³/mol. The van der Waals surface area contributed by atoms with Crippen LogP contribution in [-0.4, -0.2) is 43.1 Å². The summed E-state index contributed by atoms with van der Waals surface area (Å²) < 4.78 is 14.6. The number of hydrazine groups is 1. The van der Waals surface area contributed by atoms with E-state index in [1.165, 1.54) is 17.4 Å². The third kappa shape index (κ3) is 3.47. The predicted octanol–water partition coefficient (Wildman–Crippen LogP) is 1.63. The summed E-state index contributed by atoms with van der Waals surface area (Å²) in [5.41, 5.74) is 6.86. The van der Waals surface area contributed by atoms with Gasteiger partial charge < -0.3 is 10.2 Å². The number of benzene rings is 1. The van der Waals surface area contributed by atoms with Crippen molar-refractivity contribution in [1.82, 2.24) is 21.2 Å². The number of fused-ring (bicyclic) bond motifs is 2. The van der Waals surface area contributed by atoms with Crippen molar-refractivity contribution in [2.45, 2.75) is 31.3 Å². The Morgan fingerprint density at radius 1 is 1.48 bits per heavy atom. The number of aromatic nitrogens is 1. The summed E-state index contributed by atoms with van der Waals surface area (Å²) in [6.45, 7) is 1.24. The average Bonchev–Trinajstić information content (AvgIpc) is 3.21. The molecule has 0 spiro atoms. The van der Waals surface area contributed by atoms with Gasteiger partial charge in [-0.1, -0.05) is 17.4 Å². The third-order valence-corrected chi connectivity index (χ3v) is 6.21. The van der Waals surface area contributed by atoms with Crippen molar-refractivity contribution in [3.8, 4) is 0 Å². The fraction of sp³-hybridized carbons (Fsp3) is 0.529. The van der Waals surface area contributed by atoms with E-state index in [0.717, 1.165) is 30.5 Å². The summed E-state index contributed by atoms with van der Waals surface area (Å²) in [5.74, 6) is 0.331. The number of rotatable bonds is 4. The summed E-state index contributed by atoms with van der Waals surface area (Å²) in [4.78, 5) is 18.5. The van der Waals surface area contributed by atoms with E-state index in [9.17, 15) is 9.18 Å². The molecule has 2 fully saturated rings. The maximum atomic E-state index is 13.8. The number of nitrogens with zero attached hydrogens (tertiary/aromatic N) is 2. The Morgan fingerprint density at radius 3 is 3.20 bits per heavy atom. The number of nitrogens with one attached hydrogen (secondary N) is 3. The smallest absolute Gasteiger partial charge is 0.239 e. The highest BCUT2D eigenvalue weighted by Gasteiger charge is 2.34. The fourth-order valence-electron chi connectivity index (χ4n) is 3.73. The van der Waals surface area contributed by atoms with Crippen LogP contribution >= 0.6 is 11.3 Å². The van der Waals surface area contributed by atoms with Gasteiger partial charge >= 0.3 is 0 Å². The molecule has 1 aliphatic heterocycles. The van der Waals surface area contributed by atoms with Crippen LogP contribution in [0.4, 0.5) is 9.52 Å². The normalized spacial score (nSPS) is 25.8. The van der Waals surface area contributed by atoms with Crippen LogP contribution in [0, 0.1) is 11.7 Å². The zero-order valence-corrected chi connectivity index (χ0v) is 14.9. The van der Waals surface area contributed by atoms with Gasteiger partial charge in [-0.2, -0.15) is 0 Å². The van der Waals surface area contributed by atoms with E-state index in [4.69, 9.17) is 0 Å². The zero-order valence-electron chi connectivity index (χ0n) is 14.1. The number of amides is 1. The lowest BCUT2D eigenvalue weighted by atomic mass is 9.83. The van der Waals surface area contributed by atoms with Crippen LogP contribution in [0.25, 0.3) is 10.2 Å². The molecule has 3 atom stereocenters. The Kier molecular flexibility index (Phi) is 4.58. The van der Waals surface area contributed by atoms with Crippen molar-refractivity contribution in [1.29, 1.82) is 0 Å². The highest BCUT2D eigenvalue weighted by Crippen LogP contribution is 2.30. The summed E-state index contributed by atoms with van der Waals surface area (Å²) in [7, 11) is 1.81.